The van der Waals surface area contributed by atoms with Crippen molar-refractivity contribution in [2.45, 2.75) is 39.5 Å². The fourth-order valence-electron chi connectivity index (χ4n) is 2.31. The van der Waals surface area contributed by atoms with Crippen molar-refractivity contribution in [1.82, 2.24) is 9.97 Å². The second kappa shape index (κ2) is 7.50. The zero-order valence-corrected chi connectivity index (χ0v) is 15.3. The molecule has 2 aromatic rings. The van der Waals surface area contributed by atoms with Gasteiger partial charge in [-0.2, -0.15) is 13.2 Å². The second-order valence-corrected chi connectivity index (χ2v) is 6.68. The summed E-state index contributed by atoms with van der Waals surface area (Å²) in [5, 5.41) is 0. The Labute approximate surface area is 154 Å². The first kappa shape index (κ1) is 20.6. The topological polar surface area (TPSA) is 55.3 Å². The highest BCUT2D eigenvalue weighted by Crippen LogP contribution is 2.37. The molecule has 0 aliphatic carbocycles. The number of ether oxygens (including phenoxy) is 1. The summed E-state index contributed by atoms with van der Waals surface area (Å²) in [5.74, 6) is -0.698. The summed E-state index contributed by atoms with van der Waals surface area (Å²) in [7, 11) is 0. The highest BCUT2D eigenvalue weighted by molar-refractivity contribution is 5.89. The van der Waals surface area contributed by atoms with E-state index in [0.29, 0.717) is 0 Å². The van der Waals surface area contributed by atoms with Gasteiger partial charge in [0.2, 0.25) is 0 Å². The molecule has 0 atom stereocenters. The minimum Gasteiger partial charge on any atom is -0.443 e. The van der Waals surface area contributed by atoms with Crippen LogP contribution < -0.4 is 4.90 Å². The van der Waals surface area contributed by atoms with Crippen LogP contribution in [0.5, 0.6) is 0 Å². The van der Waals surface area contributed by atoms with E-state index in [0.717, 1.165) is 23.2 Å². The zero-order chi connectivity index (χ0) is 20.4. The molecule has 0 spiro atoms. The summed E-state index contributed by atoms with van der Waals surface area (Å²) in [6, 6.07) is 3.41. The van der Waals surface area contributed by atoms with Crippen LogP contribution in [0.2, 0.25) is 0 Å². The van der Waals surface area contributed by atoms with Gasteiger partial charge in [-0.05, 0) is 45.9 Å². The maximum absolute atomic E-state index is 13.6. The predicted octanol–water partition coefficient (Wildman–Crippen LogP) is 5.06. The molecule has 0 aliphatic heterocycles. The van der Waals surface area contributed by atoms with E-state index >= 15 is 0 Å². The number of carbonyl (C=O) groups is 1. The zero-order valence-electron chi connectivity index (χ0n) is 15.3. The summed E-state index contributed by atoms with van der Waals surface area (Å²) in [6.45, 7) is 6.31. The molecular weight excluding hydrogens is 366 g/mol. The molecule has 2 heterocycles. The van der Waals surface area contributed by atoms with Gasteiger partial charge in [-0.15, -0.1) is 0 Å². The average molecular weight is 385 g/mol. The molecule has 0 bridgehead atoms. The molecular formula is C18H19F4N3O2. The number of pyridine rings is 2. The lowest BCUT2D eigenvalue weighted by Gasteiger charge is -2.28. The standard InChI is InChI=1S/C18H19F4N3O2/c1-5-25(16(26)27-17(2,3)4)14-7-6-13(24-15(14)18(20,21)22)11-8-12(19)10-23-9-11/h6-10H,5H2,1-4H3. The molecule has 0 radical (unpaired) electrons. The molecule has 0 saturated carbocycles. The minimum atomic E-state index is -4.83. The Morgan fingerprint density at radius 2 is 1.85 bits per heavy atom. The van der Waals surface area contributed by atoms with Crippen LogP contribution in [-0.4, -0.2) is 28.2 Å². The lowest BCUT2D eigenvalue weighted by molar-refractivity contribution is -0.140. The average Bonchev–Trinajstić information content (AvgIpc) is 2.53. The summed E-state index contributed by atoms with van der Waals surface area (Å²) in [6.07, 6.45) is -3.61. The van der Waals surface area contributed by atoms with Gasteiger partial charge in [0, 0.05) is 18.3 Å². The first-order valence-corrected chi connectivity index (χ1v) is 8.12. The van der Waals surface area contributed by atoms with Gasteiger partial charge in [0.05, 0.1) is 17.6 Å². The number of hydrogen-bond donors (Lipinski definition) is 0. The molecule has 2 aromatic heterocycles. The van der Waals surface area contributed by atoms with Crippen LogP contribution in [0.15, 0.2) is 30.6 Å². The minimum absolute atomic E-state index is 0.0550. The van der Waals surface area contributed by atoms with Gasteiger partial charge in [-0.1, -0.05) is 0 Å². The third-order valence-corrected chi connectivity index (χ3v) is 3.36. The third-order valence-electron chi connectivity index (χ3n) is 3.36. The van der Waals surface area contributed by atoms with Crippen molar-refractivity contribution in [2.75, 3.05) is 11.4 Å². The van der Waals surface area contributed by atoms with Crippen molar-refractivity contribution < 1.29 is 27.1 Å². The van der Waals surface area contributed by atoms with Gasteiger partial charge in [0.1, 0.15) is 11.4 Å². The van der Waals surface area contributed by atoms with Crippen molar-refractivity contribution in [3.05, 3.63) is 42.1 Å². The monoisotopic (exact) mass is 385 g/mol. The van der Waals surface area contributed by atoms with Crippen LogP contribution in [0.3, 0.4) is 0 Å². The van der Waals surface area contributed by atoms with E-state index in [1.807, 2.05) is 0 Å². The molecule has 0 saturated heterocycles. The van der Waals surface area contributed by atoms with Crippen LogP contribution in [0.1, 0.15) is 33.4 Å². The van der Waals surface area contributed by atoms with Crippen molar-refractivity contribution in [1.29, 1.82) is 0 Å². The molecule has 0 aromatic carbocycles. The fraction of sp³-hybridized carbons (Fsp3) is 0.389. The number of nitrogens with zero attached hydrogens (tertiary/aromatic N) is 3. The number of anilines is 1. The molecule has 0 N–H and O–H groups in total. The maximum atomic E-state index is 13.6. The first-order valence-electron chi connectivity index (χ1n) is 8.12. The number of halogens is 4. The van der Waals surface area contributed by atoms with Crippen LogP contribution in [0.4, 0.5) is 28.0 Å². The molecule has 9 heteroatoms. The SMILES string of the molecule is CCN(C(=O)OC(C)(C)C)c1ccc(-c2cncc(F)c2)nc1C(F)(F)F. The Kier molecular flexibility index (Phi) is 5.72. The van der Waals surface area contributed by atoms with Crippen molar-refractivity contribution in [3.8, 4) is 11.3 Å². The van der Waals surface area contributed by atoms with Crippen LogP contribution in [-0.2, 0) is 10.9 Å². The Bertz CT molecular complexity index is 832. The van der Waals surface area contributed by atoms with E-state index in [2.05, 4.69) is 9.97 Å². The Balaban J connectivity index is 2.54. The summed E-state index contributed by atoms with van der Waals surface area (Å²) in [4.78, 5) is 20.4. The van der Waals surface area contributed by atoms with E-state index in [4.69, 9.17) is 4.74 Å². The number of carbonyl (C=O) groups excluding carboxylic acids is 1. The lowest BCUT2D eigenvalue weighted by atomic mass is 10.1. The van der Waals surface area contributed by atoms with E-state index in [1.165, 1.54) is 19.2 Å². The van der Waals surface area contributed by atoms with Gasteiger partial charge < -0.3 is 4.74 Å². The first-order chi connectivity index (χ1) is 12.4. The summed E-state index contributed by atoms with van der Waals surface area (Å²) >= 11 is 0. The maximum Gasteiger partial charge on any atom is 0.435 e. The summed E-state index contributed by atoms with van der Waals surface area (Å²) < 4.78 is 59.3. The molecule has 2 rings (SSSR count). The number of alkyl halides is 3. The van der Waals surface area contributed by atoms with Crippen molar-refractivity contribution in [2.24, 2.45) is 0 Å². The Hall–Kier alpha value is -2.71. The van der Waals surface area contributed by atoms with E-state index in [1.54, 1.807) is 20.8 Å². The number of amides is 1. The van der Waals surface area contributed by atoms with Gasteiger partial charge in [-0.25, -0.2) is 14.2 Å². The third kappa shape index (κ3) is 5.15. The van der Waals surface area contributed by atoms with E-state index in [9.17, 15) is 22.4 Å². The fourth-order valence-corrected chi connectivity index (χ4v) is 2.31. The van der Waals surface area contributed by atoms with Gasteiger partial charge in [-0.3, -0.25) is 9.88 Å². The van der Waals surface area contributed by atoms with Crippen LogP contribution >= 0.6 is 0 Å². The Morgan fingerprint density at radius 3 is 2.37 bits per heavy atom. The molecule has 0 fully saturated rings. The van der Waals surface area contributed by atoms with Crippen LogP contribution in [0.25, 0.3) is 11.3 Å². The second-order valence-electron chi connectivity index (χ2n) is 6.68. The predicted molar refractivity (Wildman–Crippen MR) is 91.7 cm³/mol. The molecule has 1 amide bonds. The van der Waals surface area contributed by atoms with Crippen molar-refractivity contribution in [3.63, 3.8) is 0 Å². The van der Waals surface area contributed by atoms with Gasteiger partial charge in [0.25, 0.3) is 0 Å². The van der Waals surface area contributed by atoms with E-state index in [-0.39, 0.29) is 17.8 Å². The quantitative estimate of drug-likeness (QED) is 0.693. The van der Waals surface area contributed by atoms with Crippen molar-refractivity contribution >= 4 is 11.8 Å². The highest BCUT2D eigenvalue weighted by atomic mass is 19.4. The molecule has 0 aliphatic rings. The highest BCUT2D eigenvalue weighted by Gasteiger charge is 2.39. The normalized spacial score (nSPS) is 12.0. The van der Waals surface area contributed by atoms with Crippen LogP contribution in [0, 0.1) is 5.82 Å². The number of hydrogen-bond acceptors (Lipinski definition) is 4. The molecule has 5 nitrogen and oxygen atoms in total. The lowest BCUT2D eigenvalue weighted by Crippen LogP contribution is -2.38. The van der Waals surface area contributed by atoms with Gasteiger partial charge in [0.15, 0.2) is 5.69 Å². The Morgan fingerprint density at radius 1 is 1.19 bits per heavy atom. The molecule has 0 unspecified atom stereocenters. The summed E-state index contributed by atoms with van der Waals surface area (Å²) in [5.41, 5.74) is -2.60. The number of rotatable bonds is 3. The largest absolute Gasteiger partial charge is 0.443 e. The molecule has 146 valence electrons. The van der Waals surface area contributed by atoms with Gasteiger partial charge >= 0.3 is 12.3 Å². The van der Waals surface area contributed by atoms with E-state index < -0.39 is 35.1 Å². The molecule has 27 heavy (non-hydrogen) atoms. The smallest absolute Gasteiger partial charge is 0.435 e. The number of aromatic nitrogens is 2.